The zero-order chi connectivity index (χ0) is 24.5. The van der Waals surface area contributed by atoms with Crippen LogP contribution in [0, 0.1) is 33.5 Å². The summed E-state index contributed by atoms with van der Waals surface area (Å²) >= 11 is 0. The summed E-state index contributed by atoms with van der Waals surface area (Å²) in [6.45, 7) is 1.44. The fourth-order valence-corrected chi connectivity index (χ4v) is 8.40. The van der Waals surface area contributed by atoms with E-state index in [1.807, 2.05) is 12.1 Å². The zero-order valence-corrected chi connectivity index (χ0v) is 20.7. The molecule has 35 heavy (non-hydrogen) atoms. The van der Waals surface area contributed by atoms with Crippen molar-refractivity contribution in [2.75, 3.05) is 34.7 Å². The maximum absolute atomic E-state index is 11.3. The van der Waals surface area contributed by atoms with Crippen LogP contribution < -0.4 is 21.1 Å². The van der Waals surface area contributed by atoms with Gasteiger partial charge in [-0.1, -0.05) is 12.1 Å². The molecule has 5 aliphatic carbocycles. The molecule has 1 aromatic carbocycles. The molecular weight excluding hydrogens is 462 g/mol. The van der Waals surface area contributed by atoms with E-state index in [-0.39, 0.29) is 5.41 Å². The molecule has 5 saturated carbocycles. The largest absolute Gasteiger partial charge is 0.368 e. The molecule has 0 aliphatic heterocycles. The molecule has 5 atom stereocenters. The summed E-state index contributed by atoms with van der Waals surface area (Å²) in [7, 11) is -3.29. The van der Waals surface area contributed by atoms with Crippen molar-refractivity contribution < 1.29 is 8.42 Å². The Bertz CT molecular complexity index is 1320. The van der Waals surface area contributed by atoms with Crippen LogP contribution in [0.15, 0.2) is 30.5 Å². The normalized spacial score (nSPS) is 33.7. The van der Waals surface area contributed by atoms with Crippen LogP contribution in [0.5, 0.6) is 0 Å². The first kappa shape index (κ1) is 22.6. The van der Waals surface area contributed by atoms with Crippen molar-refractivity contribution in [3.63, 3.8) is 0 Å². The molecule has 7 rings (SSSR count). The number of nitrogens with one attached hydrogen (secondary N) is 3. The van der Waals surface area contributed by atoms with Crippen molar-refractivity contribution in [1.82, 2.24) is 9.97 Å². The monoisotopic (exact) mass is 493 g/mol. The summed E-state index contributed by atoms with van der Waals surface area (Å²) in [6.07, 6.45) is 9.71. The first-order valence-electron chi connectivity index (χ1n) is 12.2. The molecule has 0 radical (unpaired) electrons. The minimum Gasteiger partial charge on any atom is -0.368 e. The van der Waals surface area contributed by atoms with Gasteiger partial charge in [0.2, 0.25) is 16.0 Å². The van der Waals surface area contributed by atoms with Crippen LogP contribution in [0.4, 0.5) is 17.5 Å². The van der Waals surface area contributed by atoms with Crippen LogP contribution in [0.1, 0.15) is 43.2 Å². The molecule has 9 nitrogen and oxygen atoms in total. The summed E-state index contributed by atoms with van der Waals surface area (Å²) < 4.78 is 25.1. The lowest BCUT2D eigenvalue weighted by Gasteiger charge is -2.46. The highest BCUT2D eigenvalue weighted by Gasteiger charge is 2.84. The molecule has 2 spiro atoms. The predicted molar refractivity (Wildman–Crippen MR) is 134 cm³/mol. The minimum atomic E-state index is -3.29. The van der Waals surface area contributed by atoms with Gasteiger partial charge in [-0.05, 0) is 78.4 Å². The number of benzene rings is 1. The van der Waals surface area contributed by atoms with Gasteiger partial charge in [0.25, 0.3) is 0 Å². The van der Waals surface area contributed by atoms with Gasteiger partial charge in [-0.15, -0.1) is 0 Å². The number of nitrogens with two attached hydrogens (primary N) is 1. The Morgan fingerprint density at radius 3 is 2.66 bits per heavy atom. The number of rotatable bonds is 9. The summed E-state index contributed by atoms with van der Waals surface area (Å²) in [4.78, 5) is 8.91. The van der Waals surface area contributed by atoms with E-state index in [1.54, 1.807) is 18.3 Å². The fourth-order valence-electron chi connectivity index (χ4n) is 7.84. The highest BCUT2D eigenvalue weighted by Crippen LogP contribution is 2.89. The lowest BCUT2D eigenvalue weighted by molar-refractivity contribution is 0.0841. The number of hydrogen-bond acceptors (Lipinski definition) is 8. The second-order valence-corrected chi connectivity index (χ2v) is 13.1. The average molecular weight is 494 g/mol. The van der Waals surface area contributed by atoms with E-state index in [9.17, 15) is 13.7 Å². The van der Waals surface area contributed by atoms with Crippen LogP contribution >= 0.6 is 0 Å². The number of nitriles is 1. The highest BCUT2D eigenvalue weighted by atomic mass is 32.2. The fraction of sp³-hybridized carbons (Fsp3) is 0.560. The first-order valence-corrected chi connectivity index (χ1v) is 14.1. The lowest BCUT2D eigenvalue weighted by atomic mass is 9.62. The topological polar surface area (TPSA) is 146 Å². The standard InChI is InChI=1S/C25H31N7O2S/c1-35(33,34)32-19-4-2-16(3-5-19)6-7-28-22-29-11-18(10-26)21(31-22)30-15-23-8-17-9-24(12-23)14-25(24,13-23)20(17)27/h2-5,11,17,20,32H,6-9,12-15,27H2,1H3,(H2,28,29,30,31)/t17-,20+,23?,24?,25+/m0/s1. The third-order valence-electron chi connectivity index (χ3n) is 8.98. The van der Waals surface area contributed by atoms with Crippen LogP contribution in [-0.2, 0) is 16.4 Å². The van der Waals surface area contributed by atoms with Crippen molar-refractivity contribution in [1.29, 1.82) is 5.26 Å². The Kier molecular flexibility index (Phi) is 4.86. The lowest BCUT2D eigenvalue weighted by Crippen LogP contribution is -2.47. The van der Waals surface area contributed by atoms with Gasteiger partial charge in [0.1, 0.15) is 17.5 Å². The van der Waals surface area contributed by atoms with Gasteiger partial charge in [0.15, 0.2) is 0 Å². The molecule has 5 aliphatic rings. The van der Waals surface area contributed by atoms with Gasteiger partial charge in [-0.3, -0.25) is 4.72 Å². The first-order chi connectivity index (χ1) is 16.6. The Labute approximate surface area is 206 Å². The number of anilines is 3. The van der Waals surface area contributed by atoms with Gasteiger partial charge in [0, 0.05) is 24.8 Å². The Morgan fingerprint density at radius 1 is 1.17 bits per heavy atom. The van der Waals surface area contributed by atoms with Gasteiger partial charge in [-0.2, -0.15) is 10.2 Å². The third-order valence-corrected chi connectivity index (χ3v) is 9.58. The van der Waals surface area contributed by atoms with Crippen molar-refractivity contribution in [2.24, 2.45) is 27.9 Å². The van der Waals surface area contributed by atoms with E-state index in [4.69, 9.17) is 5.73 Å². The Balaban J connectivity index is 1.07. The molecule has 2 unspecified atom stereocenters. The molecule has 10 heteroatoms. The smallest absolute Gasteiger partial charge is 0.229 e. The maximum atomic E-state index is 11.3. The van der Waals surface area contributed by atoms with Crippen LogP contribution in [0.2, 0.25) is 0 Å². The van der Waals surface area contributed by atoms with Crippen molar-refractivity contribution >= 4 is 27.5 Å². The van der Waals surface area contributed by atoms with E-state index < -0.39 is 10.0 Å². The van der Waals surface area contributed by atoms with Crippen molar-refractivity contribution in [3.05, 3.63) is 41.6 Å². The zero-order valence-electron chi connectivity index (χ0n) is 19.8. The number of hydrogen-bond donors (Lipinski definition) is 4. The number of aromatic nitrogens is 2. The summed E-state index contributed by atoms with van der Waals surface area (Å²) in [6, 6.07) is 9.86. The van der Waals surface area contributed by atoms with E-state index in [0.29, 0.717) is 52.4 Å². The molecule has 4 bridgehead atoms. The third kappa shape index (κ3) is 3.72. The van der Waals surface area contributed by atoms with E-state index in [1.165, 1.54) is 32.1 Å². The van der Waals surface area contributed by atoms with E-state index in [0.717, 1.165) is 24.8 Å². The number of sulfonamides is 1. The molecule has 0 saturated heterocycles. The summed E-state index contributed by atoms with van der Waals surface area (Å²) in [5.41, 5.74) is 9.84. The molecule has 2 aromatic rings. The minimum absolute atomic E-state index is 0.278. The highest BCUT2D eigenvalue weighted by molar-refractivity contribution is 7.92. The summed E-state index contributed by atoms with van der Waals surface area (Å²) in [5.74, 6) is 1.73. The Morgan fingerprint density at radius 2 is 1.97 bits per heavy atom. The van der Waals surface area contributed by atoms with Crippen molar-refractivity contribution in [2.45, 2.75) is 44.6 Å². The van der Waals surface area contributed by atoms with Crippen LogP contribution in [0.3, 0.4) is 0 Å². The second kappa shape index (κ2) is 7.55. The van der Waals surface area contributed by atoms with Gasteiger partial charge >= 0.3 is 0 Å². The quantitative estimate of drug-likeness (QED) is 0.417. The van der Waals surface area contributed by atoms with Crippen molar-refractivity contribution in [3.8, 4) is 6.07 Å². The second-order valence-electron chi connectivity index (χ2n) is 11.3. The predicted octanol–water partition coefficient (Wildman–Crippen LogP) is 2.69. The molecule has 5 fully saturated rings. The molecule has 1 aromatic heterocycles. The molecule has 1 heterocycles. The van der Waals surface area contributed by atoms with Crippen LogP contribution in [-0.4, -0.2) is 43.8 Å². The maximum Gasteiger partial charge on any atom is 0.229 e. The van der Waals surface area contributed by atoms with Crippen LogP contribution in [0.25, 0.3) is 0 Å². The molecule has 184 valence electrons. The van der Waals surface area contributed by atoms with E-state index >= 15 is 0 Å². The van der Waals surface area contributed by atoms with Gasteiger partial charge < -0.3 is 16.4 Å². The molecule has 5 N–H and O–H groups in total. The van der Waals surface area contributed by atoms with Gasteiger partial charge in [-0.25, -0.2) is 13.4 Å². The van der Waals surface area contributed by atoms with E-state index in [2.05, 4.69) is 31.4 Å². The average Bonchev–Trinajstić information content (AvgIpc) is 3.28. The summed E-state index contributed by atoms with van der Waals surface area (Å²) in [5, 5.41) is 16.3. The van der Waals surface area contributed by atoms with Gasteiger partial charge in [0.05, 0.1) is 12.5 Å². The molecule has 0 amide bonds. The Hall–Kier alpha value is -2.90. The SMILES string of the molecule is CS(=O)(=O)Nc1ccc(CCNc2ncc(C#N)c(NCC34C[C@H]5CC6(C3)C[C@]6(C4)[C@@H]5N)n2)cc1. The molecular formula is C25H31N7O2S. The number of nitrogens with zero attached hydrogens (tertiary/aromatic N) is 3.